The van der Waals surface area contributed by atoms with E-state index in [4.69, 9.17) is 4.42 Å². The van der Waals surface area contributed by atoms with E-state index >= 15 is 0 Å². The maximum absolute atomic E-state index is 12.0. The summed E-state index contributed by atoms with van der Waals surface area (Å²) in [6.07, 6.45) is 3.16. The third-order valence-corrected chi connectivity index (χ3v) is 2.89. The first kappa shape index (κ1) is 14.3. The quantitative estimate of drug-likeness (QED) is 0.579. The molecule has 1 aromatic carbocycles. The second-order valence-corrected chi connectivity index (χ2v) is 4.41. The van der Waals surface area contributed by atoms with Crippen LogP contribution in [-0.4, -0.2) is 26.0 Å². The Kier molecular flexibility index (Phi) is 3.75. The number of carbonyl (C=O) groups excluding carboxylic acids is 1. The number of aromatic nitrogens is 3. The smallest absolute Gasteiger partial charge is 0.322 e. The van der Waals surface area contributed by atoms with Gasteiger partial charge in [-0.1, -0.05) is 5.10 Å². The summed E-state index contributed by atoms with van der Waals surface area (Å²) >= 11 is 0. The number of pyridine rings is 1. The second kappa shape index (κ2) is 6.02. The molecule has 2 heterocycles. The standard InChI is InChI=1S/C14H9N5O4/c20-12(9-3-5-11(6-4-9)19(21)22)16-14-18-17-13(23-14)10-2-1-7-15-8-10/h1-8H,(H,16,18,20). The van der Waals surface area contributed by atoms with Crippen LogP contribution in [0.3, 0.4) is 0 Å². The van der Waals surface area contributed by atoms with Crippen LogP contribution in [0.15, 0.2) is 53.2 Å². The Balaban J connectivity index is 1.73. The van der Waals surface area contributed by atoms with Crippen molar-refractivity contribution in [3.8, 4) is 11.5 Å². The SMILES string of the molecule is O=C(Nc1nnc(-c2cccnc2)o1)c1ccc([N+](=O)[O-])cc1. The predicted octanol–water partition coefficient (Wildman–Crippen LogP) is 2.29. The van der Waals surface area contributed by atoms with Gasteiger partial charge in [-0.3, -0.25) is 25.2 Å². The topological polar surface area (TPSA) is 124 Å². The summed E-state index contributed by atoms with van der Waals surface area (Å²) < 4.78 is 5.32. The van der Waals surface area contributed by atoms with Gasteiger partial charge in [0.05, 0.1) is 10.5 Å². The molecule has 0 aliphatic carbocycles. The molecule has 9 nitrogen and oxygen atoms in total. The van der Waals surface area contributed by atoms with Crippen LogP contribution in [0.2, 0.25) is 0 Å². The highest BCUT2D eigenvalue weighted by atomic mass is 16.6. The number of hydrogen-bond acceptors (Lipinski definition) is 7. The fourth-order valence-electron chi connectivity index (χ4n) is 1.78. The maximum atomic E-state index is 12.0. The zero-order valence-electron chi connectivity index (χ0n) is 11.5. The highest BCUT2D eigenvalue weighted by Gasteiger charge is 2.14. The van der Waals surface area contributed by atoms with Gasteiger partial charge >= 0.3 is 6.01 Å². The number of nitrogens with one attached hydrogen (secondary N) is 1. The number of nitro groups is 1. The largest absolute Gasteiger partial charge is 0.403 e. The van der Waals surface area contributed by atoms with Gasteiger partial charge in [-0.25, -0.2) is 0 Å². The molecule has 3 rings (SSSR count). The van der Waals surface area contributed by atoms with Crippen molar-refractivity contribution in [2.24, 2.45) is 0 Å². The van der Waals surface area contributed by atoms with E-state index in [0.29, 0.717) is 5.56 Å². The summed E-state index contributed by atoms with van der Waals surface area (Å²) in [5.74, 6) is -0.293. The van der Waals surface area contributed by atoms with Crippen LogP contribution in [0.4, 0.5) is 11.7 Å². The Morgan fingerprint density at radius 1 is 1.17 bits per heavy atom. The summed E-state index contributed by atoms with van der Waals surface area (Å²) in [6, 6.07) is 8.54. The maximum Gasteiger partial charge on any atom is 0.322 e. The van der Waals surface area contributed by atoms with Gasteiger partial charge in [-0.15, -0.1) is 5.10 Å². The van der Waals surface area contributed by atoms with E-state index in [1.165, 1.54) is 24.3 Å². The zero-order valence-corrected chi connectivity index (χ0v) is 11.5. The molecule has 0 aliphatic rings. The van der Waals surface area contributed by atoms with Gasteiger partial charge in [0.2, 0.25) is 0 Å². The van der Waals surface area contributed by atoms with Crippen molar-refractivity contribution in [1.29, 1.82) is 0 Å². The number of anilines is 1. The molecule has 1 N–H and O–H groups in total. The third kappa shape index (κ3) is 3.18. The van der Waals surface area contributed by atoms with Crippen LogP contribution in [0.5, 0.6) is 0 Å². The molecule has 0 unspecified atom stereocenters. The lowest BCUT2D eigenvalue weighted by molar-refractivity contribution is -0.384. The lowest BCUT2D eigenvalue weighted by Gasteiger charge is -2.00. The normalized spacial score (nSPS) is 10.3. The minimum absolute atomic E-state index is 0.0767. The highest BCUT2D eigenvalue weighted by molar-refractivity contribution is 6.03. The molecule has 114 valence electrons. The van der Waals surface area contributed by atoms with E-state index in [2.05, 4.69) is 20.5 Å². The van der Waals surface area contributed by atoms with Crippen molar-refractivity contribution in [2.75, 3.05) is 5.32 Å². The molecule has 9 heteroatoms. The van der Waals surface area contributed by atoms with Crippen LogP contribution in [0, 0.1) is 10.1 Å². The number of nitrogens with zero attached hydrogens (tertiary/aromatic N) is 4. The molecule has 0 bridgehead atoms. The monoisotopic (exact) mass is 311 g/mol. The molecule has 1 amide bonds. The Labute approximate surface area is 129 Å². The lowest BCUT2D eigenvalue weighted by Crippen LogP contribution is -2.12. The summed E-state index contributed by atoms with van der Waals surface area (Å²) in [7, 11) is 0. The zero-order chi connectivity index (χ0) is 16.2. The van der Waals surface area contributed by atoms with Crippen molar-refractivity contribution < 1.29 is 14.1 Å². The Morgan fingerprint density at radius 2 is 1.96 bits per heavy atom. The Hall–Kier alpha value is -3.62. The van der Waals surface area contributed by atoms with Crippen molar-refractivity contribution in [1.82, 2.24) is 15.2 Å². The number of hydrogen-bond donors (Lipinski definition) is 1. The van der Waals surface area contributed by atoms with Crippen molar-refractivity contribution in [2.45, 2.75) is 0 Å². The summed E-state index contributed by atoms with van der Waals surface area (Å²) in [4.78, 5) is 26.0. The molecule has 0 fully saturated rings. The molecule has 2 aromatic heterocycles. The van der Waals surface area contributed by atoms with Gasteiger partial charge in [-0.05, 0) is 24.3 Å². The van der Waals surface area contributed by atoms with Crippen molar-refractivity contribution in [3.05, 3.63) is 64.5 Å². The van der Waals surface area contributed by atoms with E-state index in [9.17, 15) is 14.9 Å². The summed E-state index contributed by atoms with van der Waals surface area (Å²) in [5, 5.41) is 20.5. The van der Waals surface area contributed by atoms with Crippen molar-refractivity contribution in [3.63, 3.8) is 0 Å². The van der Waals surface area contributed by atoms with Gasteiger partial charge in [0.1, 0.15) is 0 Å². The molecule has 3 aromatic rings. The summed E-state index contributed by atoms with van der Waals surface area (Å²) in [6.45, 7) is 0. The highest BCUT2D eigenvalue weighted by Crippen LogP contribution is 2.19. The second-order valence-electron chi connectivity index (χ2n) is 4.41. The lowest BCUT2D eigenvalue weighted by atomic mass is 10.2. The van der Waals surface area contributed by atoms with Crippen LogP contribution < -0.4 is 5.32 Å². The van der Waals surface area contributed by atoms with Crippen LogP contribution in [0.1, 0.15) is 10.4 Å². The number of rotatable bonds is 4. The molecular weight excluding hydrogens is 302 g/mol. The van der Waals surface area contributed by atoms with Gasteiger partial charge in [0.25, 0.3) is 17.5 Å². The first-order valence-corrected chi connectivity index (χ1v) is 6.43. The van der Waals surface area contributed by atoms with Crippen LogP contribution in [-0.2, 0) is 0 Å². The molecule has 0 saturated heterocycles. The fourth-order valence-corrected chi connectivity index (χ4v) is 1.78. The van der Waals surface area contributed by atoms with Crippen LogP contribution >= 0.6 is 0 Å². The van der Waals surface area contributed by atoms with E-state index in [-0.39, 0.29) is 23.2 Å². The predicted molar refractivity (Wildman–Crippen MR) is 78.6 cm³/mol. The number of non-ortho nitro benzene ring substituents is 1. The molecule has 0 radical (unpaired) electrons. The number of nitro benzene ring substituents is 1. The average molecular weight is 311 g/mol. The number of amides is 1. The third-order valence-electron chi connectivity index (χ3n) is 2.89. The first-order valence-electron chi connectivity index (χ1n) is 6.43. The van der Waals surface area contributed by atoms with Gasteiger partial charge < -0.3 is 4.42 Å². The van der Waals surface area contributed by atoms with Crippen molar-refractivity contribution >= 4 is 17.6 Å². The molecule has 23 heavy (non-hydrogen) atoms. The molecule has 0 aliphatic heterocycles. The van der Waals surface area contributed by atoms with Gasteiger partial charge in [-0.2, -0.15) is 0 Å². The van der Waals surface area contributed by atoms with E-state index in [1.807, 2.05) is 0 Å². The molecule has 0 spiro atoms. The molecular formula is C14H9N5O4. The minimum atomic E-state index is -0.542. The van der Waals surface area contributed by atoms with E-state index in [1.54, 1.807) is 24.5 Å². The molecule has 0 atom stereocenters. The van der Waals surface area contributed by atoms with Crippen LogP contribution in [0.25, 0.3) is 11.5 Å². The molecule has 0 saturated carbocycles. The van der Waals surface area contributed by atoms with E-state index < -0.39 is 10.8 Å². The number of benzene rings is 1. The summed E-state index contributed by atoms with van der Waals surface area (Å²) in [5.41, 5.74) is 0.755. The first-order chi connectivity index (χ1) is 11.1. The van der Waals surface area contributed by atoms with Gasteiger partial charge in [0, 0.05) is 30.1 Å². The van der Waals surface area contributed by atoms with Gasteiger partial charge in [0.15, 0.2) is 0 Å². The van der Waals surface area contributed by atoms with E-state index in [0.717, 1.165) is 0 Å². The Morgan fingerprint density at radius 3 is 2.61 bits per heavy atom. The fraction of sp³-hybridized carbons (Fsp3) is 0. The number of carbonyl (C=O) groups is 1. The Bertz CT molecular complexity index is 845. The average Bonchev–Trinajstić information content (AvgIpc) is 3.04. The minimum Gasteiger partial charge on any atom is -0.403 e.